The molecule has 5 rings (SSSR count). The van der Waals surface area contributed by atoms with Crippen LogP contribution < -0.4 is 10.0 Å². The third-order valence-electron chi connectivity index (χ3n) is 6.35. The largest absolute Gasteiger partial charge is 0.325 e. The SMILES string of the molecule is CCC(Sc1nc(-c2ccccc2)cc(-c2ccccc2)c1C#N)C(=O)Nc1ccc(S(=O)(=O)Nc2nnc(C)s2)cc1. The number of sulfonamides is 1. The summed E-state index contributed by atoms with van der Waals surface area (Å²) in [7, 11) is -3.87. The zero-order valence-electron chi connectivity index (χ0n) is 23.2. The molecule has 2 aromatic heterocycles. The van der Waals surface area contributed by atoms with Crippen molar-refractivity contribution in [3.05, 3.63) is 102 Å². The first-order valence-electron chi connectivity index (χ1n) is 13.2. The van der Waals surface area contributed by atoms with E-state index in [0.29, 0.717) is 33.4 Å². The van der Waals surface area contributed by atoms with Gasteiger partial charge in [-0.2, -0.15) is 5.26 Å². The topological polar surface area (TPSA) is 138 Å². The van der Waals surface area contributed by atoms with E-state index in [1.54, 1.807) is 6.92 Å². The molecule has 12 heteroatoms. The van der Waals surface area contributed by atoms with Crippen molar-refractivity contribution in [3.63, 3.8) is 0 Å². The number of benzene rings is 3. The lowest BCUT2D eigenvalue weighted by Crippen LogP contribution is -2.25. The van der Waals surface area contributed by atoms with Gasteiger partial charge >= 0.3 is 0 Å². The smallest absolute Gasteiger partial charge is 0.263 e. The average Bonchev–Trinajstić information content (AvgIpc) is 3.43. The Morgan fingerprint density at radius 1 is 0.977 bits per heavy atom. The molecule has 5 aromatic rings. The minimum atomic E-state index is -3.87. The number of thioether (sulfide) groups is 1. The van der Waals surface area contributed by atoms with Crippen LogP contribution in [0.2, 0.25) is 0 Å². The number of aromatic nitrogens is 3. The normalized spacial score (nSPS) is 11.8. The standard InChI is InChI=1S/C31H26N6O3S3/c1-3-28(29(38)33-23-14-16-24(17-15-23)43(39,40)37-31-36-35-20(2)41-31)42-30-26(19-32)25(21-10-6-4-7-11-21)18-27(34-30)22-12-8-5-9-13-22/h4-18,28H,3H2,1-2H3,(H,33,38)(H,36,37). The Bertz CT molecular complexity index is 1890. The number of nitriles is 1. The zero-order chi connectivity index (χ0) is 30.4. The second kappa shape index (κ2) is 13.2. The first kappa shape index (κ1) is 29.9. The highest BCUT2D eigenvalue weighted by Gasteiger charge is 2.24. The Hall–Kier alpha value is -4.57. The van der Waals surface area contributed by atoms with Crippen LogP contribution in [0.3, 0.4) is 0 Å². The van der Waals surface area contributed by atoms with E-state index in [-0.39, 0.29) is 15.9 Å². The molecule has 0 aliphatic carbocycles. The predicted molar refractivity (Wildman–Crippen MR) is 170 cm³/mol. The molecule has 0 saturated heterocycles. The molecule has 2 N–H and O–H groups in total. The number of carbonyl (C=O) groups excluding carboxylic acids is 1. The molecule has 0 fully saturated rings. The monoisotopic (exact) mass is 626 g/mol. The van der Waals surface area contributed by atoms with Gasteiger partial charge in [0.05, 0.1) is 21.4 Å². The summed E-state index contributed by atoms with van der Waals surface area (Å²) in [6.45, 7) is 3.62. The van der Waals surface area contributed by atoms with Crippen molar-refractivity contribution < 1.29 is 13.2 Å². The molecule has 1 amide bonds. The molecule has 0 saturated carbocycles. The third-order valence-corrected chi connectivity index (χ3v) is 9.94. The minimum absolute atomic E-state index is 0.0220. The molecule has 216 valence electrons. The van der Waals surface area contributed by atoms with Crippen molar-refractivity contribution in [3.8, 4) is 28.5 Å². The van der Waals surface area contributed by atoms with Gasteiger partial charge in [0.1, 0.15) is 16.1 Å². The van der Waals surface area contributed by atoms with Gasteiger partial charge in [-0.3, -0.25) is 9.52 Å². The maximum atomic E-state index is 13.4. The molecule has 3 aromatic carbocycles. The molecule has 43 heavy (non-hydrogen) atoms. The van der Waals surface area contributed by atoms with E-state index in [0.717, 1.165) is 28.0 Å². The predicted octanol–water partition coefficient (Wildman–Crippen LogP) is 6.76. The number of aryl methyl sites for hydroxylation is 1. The van der Waals surface area contributed by atoms with Gasteiger partial charge in [-0.15, -0.1) is 10.2 Å². The maximum absolute atomic E-state index is 13.4. The van der Waals surface area contributed by atoms with Gasteiger partial charge in [-0.25, -0.2) is 13.4 Å². The summed E-state index contributed by atoms with van der Waals surface area (Å²) in [6.07, 6.45) is 0.469. The number of nitrogens with zero attached hydrogens (tertiary/aromatic N) is 4. The number of amides is 1. The van der Waals surface area contributed by atoms with Crippen molar-refractivity contribution in [1.82, 2.24) is 15.2 Å². The molecular weight excluding hydrogens is 601 g/mol. The minimum Gasteiger partial charge on any atom is -0.325 e. The zero-order valence-corrected chi connectivity index (χ0v) is 25.6. The summed E-state index contributed by atoms with van der Waals surface area (Å²) >= 11 is 2.36. The van der Waals surface area contributed by atoms with E-state index in [1.807, 2.05) is 73.7 Å². The van der Waals surface area contributed by atoms with Gasteiger partial charge in [-0.1, -0.05) is 90.7 Å². The van der Waals surface area contributed by atoms with Gasteiger partial charge in [-0.05, 0) is 49.2 Å². The van der Waals surface area contributed by atoms with Crippen LogP contribution in [0, 0.1) is 18.3 Å². The Morgan fingerprint density at radius 3 is 2.21 bits per heavy atom. The Labute approximate surface area is 258 Å². The molecule has 1 atom stereocenters. The fourth-order valence-electron chi connectivity index (χ4n) is 4.23. The van der Waals surface area contributed by atoms with E-state index in [4.69, 9.17) is 4.98 Å². The van der Waals surface area contributed by atoms with Gasteiger partial charge in [0.25, 0.3) is 10.0 Å². The molecule has 0 spiro atoms. The summed E-state index contributed by atoms with van der Waals surface area (Å²) in [4.78, 5) is 18.2. The van der Waals surface area contributed by atoms with Crippen LogP contribution in [0.4, 0.5) is 10.8 Å². The molecule has 0 bridgehead atoms. The highest BCUT2D eigenvalue weighted by atomic mass is 32.2. The van der Waals surface area contributed by atoms with Crippen LogP contribution in [-0.2, 0) is 14.8 Å². The molecule has 9 nitrogen and oxygen atoms in total. The summed E-state index contributed by atoms with van der Waals surface area (Å²) in [6, 6.07) is 29.4. The number of pyridine rings is 1. The van der Waals surface area contributed by atoms with Gasteiger partial charge < -0.3 is 5.32 Å². The number of nitrogens with one attached hydrogen (secondary N) is 2. The average molecular weight is 627 g/mol. The number of anilines is 2. The van der Waals surface area contributed by atoms with Gasteiger partial charge in [0.15, 0.2) is 0 Å². The first-order valence-corrected chi connectivity index (χ1v) is 16.4. The molecule has 1 unspecified atom stereocenters. The van der Waals surface area contributed by atoms with Crippen molar-refractivity contribution in [2.45, 2.75) is 35.4 Å². The third kappa shape index (κ3) is 7.09. The van der Waals surface area contributed by atoms with Crippen molar-refractivity contribution in [1.29, 1.82) is 5.26 Å². The quantitative estimate of drug-likeness (QED) is 0.162. The summed E-state index contributed by atoms with van der Waals surface area (Å²) in [5, 5.41) is 21.4. The number of hydrogen-bond donors (Lipinski definition) is 2. The lowest BCUT2D eigenvalue weighted by molar-refractivity contribution is -0.115. The Morgan fingerprint density at radius 2 is 1.63 bits per heavy atom. The van der Waals surface area contributed by atoms with Gasteiger partial charge in [0.2, 0.25) is 11.0 Å². The first-order chi connectivity index (χ1) is 20.8. The van der Waals surface area contributed by atoms with Crippen LogP contribution in [0.1, 0.15) is 23.9 Å². The number of hydrogen-bond acceptors (Lipinski definition) is 9. The van der Waals surface area contributed by atoms with Crippen molar-refractivity contribution >= 4 is 49.8 Å². The highest BCUT2D eigenvalue weighted by Crippen LogP contribution is 2.36. The maximum Gasteiger partial charge on any atom is 0.263 e. The van der Waals surface area contributed by atoms with E-state index in [9.17, 15) is 18.5 Å². The van der Waals surface area contributed by atoms with Crippen LogP contribution >= 0.6 is 23.1 Å². The summed E-state index contributed by atoms with van der Waals surface area (Å²) in [5.41, 5.74) is 4.05. The van der Waals surface area contributed by atoms with E-state index < -0.39 is 15.3 Å². The fourth-order valence-corrected chi connectivity index (χ4v) is 7.07. The van der Waals surface area contributed by atoms with Crippen molar-refractivity contribution in [2.24, 2.45) is 0 Å². The Balaban J connectivity index is 1.39. The van der Waals surface area contributed by atoms with Crippen molar-refractivity contribution in [2.75, 3.05) is 10.0 Å². The highest BCUT2D eigenvalue weighted by molar-refractivity contribution is 8.00. The molecule has 0 aliphatic rings. The number of carbonyl (C=O) groups is 1. The molecule has 0 aliphatic heterocycles. The van der Waals surface area contributed by atoms with Crippen LogP contribution in [-0.4, -0.2) is 34.8 Å². The lowest BCUT2D eigenvalue weighted by Gasteiger charge is -2.17. The molecule has 2 heterocycles. The second-order valence-corrected chi connectivity index (χ2v) is 13.4. The van der Waals surface area contributed by atoms with E-state index >= 15 is 0 Å². The summed E-state index contributed by atoms with van der Waals surface area (Å²) in [5.74, 6) is -0.289. The summed E-state index contributed by atoms with van der Waals surface area (Å²) < 4.78 is 27.9. The molecule has 0 radical (unpaired) electrons. The Kier molecular flexibility index (Phi) is 9.16. The second-order valence-electron chi connectivity index (χ2n) is 9.34. The fraction of sp³-hybridized carbons (Fsp3) is 0.129. The van der Waals surface area contributed by atoms with Gasteiger partial charge in [0, 0.05) is 16.8 Å². The molecular formula is C31H26N6O3S3. The van der Waals surface area contributed by atoms with Crippen LogP contribution in [0.5, 0.6) is 0 Å². The van der Waals surface area contributed by atoms with E-state index in [2.05, 4.69) is 26.3 Å². The van der Waals surface area contributed by atoms with Crippen LogP contribution in [0.15, 0.2) is 101 Å². The van der Waals surface area contributed by atoms with E-state index in [1.165, 1.54) is 36.0 Å². The van der Waals surface area contributed by atoms with Crippen LogP contribution in [0.25, 0.3) is 22.4 Å². The number of rotatable bonds is 10. The lowest BCUT2D eigenvalue weighted by atomic mass is 9.99.